The van der Waals surface area contributed by atoms with Crippen LogP contribution in [0.3, 0.4) is 0 Å². The van der Waals surface area contributed by atoms with Gasteiger partial charge in [-0.15, -0.1) is 0 Å². The molecule has 0 saturated heterocycles. The quantitative estimate of drug-likeness (QED) is 0.803. The topological polar surface area (TPSA) is 63.6 Å². The standard InChI is InChI=1S/C10H12O4S/c1-3-4-8-5-6-9(14-2)10(7-8)15(11,12)13/h3-7H,1-2H3,(H,11,12,13)/b4-3+. The Hall–Kier alpha value is -1.33. The molecule has 0 amide bonds. The normalized spacial score (nSPS) is 11.9. The van der Waals surface area contributed by atoms with Gasteiger partial charge in [0.2, 0.25) is 0 Å². The third-order valence-corrected chi connectivity index (χ3v) is 2.70. The van der Waals surface area contributed by atoms with Crippen molar-refractivity contribution in [1.29, 1.82) is 0 Å². The molecular weight excluding hydrogens is 216 g/mol. The Balaban J connectivity index is 3.39. The zero-order valence-electron chi connectivity index (χ0n) is 8.47. The molecule has 0 radical (unpaired) electrons. The third kappa shape index (κ3) is 2.81. The zero-order valence-corrected chi connectivity index (χ0v) is 9.28. The first kappa shape index (κ1) is 11.7. The smallest absolute Gasteiger partial charge is 0.298 e. The van der Waals surface area contributed by atoms with Crippen LogP contribution in [0, 0.1) is 0 Å². The van der Waals surface area contributed by atoms with Crippen molar-refractivity contribution in [2.45, 2.75) is 11.8 Å². The van der Waals surface area contributed by atoms with E-state index in [9.17, 15) is 8.42 Å². The van der Waals surface area contributed by atoms with Crippen LogP contribution in [0.2, 0.25) is 0 Å². The lowest BCUT2D eigenvalue weighted by molar-refractivity contribution is 0.397. The molecule has 1 rings (SSSR count). The van der Waals surface area contributed by atoms with Crippen LogP contribution in [-0.2, 0) is 10.1 Å². The van der Waals surface area contributed by atoms with Gasteiger partial charge in [-0.05, 0) is 24.6 Å². The fourth-order valence-corrected chi connectivity index (χ4v) is 1.88. The zero-order chi connectivity index (χ0) is 11.5. The highest BCUT2D eigenvalue weighted by Gasteiger charge is 2.16. The van der Waals surface area contributed by atoms with E-state index in [0.29, 0.717) is 5.56 Å². The molecule has 15 heavy (non-hydrogen) atoms. The van der Waals surface area contributed by atoms with Crippen LogP contribution in [-0.4, -0.2) is 20.1 Å². The Morgan fingerprint density at radius 1 is 1.40 bits per heavy atom. The molecule has 82 valence electrons. The first-order chi connectivity index (χ1) is 6.99. The molecule has 0 atom stereocenters. The summed E-state index contributed by atoms with van der Waals surface area (Å²) in [5, 5.41) is 0. The number of benzene rings is 1. The lowest BCUT2D eigenvalue weighted by Crippen LogP contribution is -2.01. The van der Waals surface area contributed by atoms with Crippen molar-refractivity contribution < 1.29 is 17.7 Å². The molecule has 1 aromatic carbocycles. The lowest BCUT2D eigenvalue weighted by atomic mass is 10.2. The predicted molar refractivity (Wildman–Crippen MR) is 57.5 cm³/mol. The number of hydrogen-bond acceptors (Lipinski definition) is 3. The van der Waals surface area contributed by atoms with Gasteiger partial charge in [0.1, 0.15) is 10.6 Å². The van der Waals surface area contributed by atoms with Gasteiger partial charge in [-0.3, -0.25) is 4.55 Å². The first-order valence-corrected chi connectivity index (χ1v) is 5.71. The molecule has 0 bridgehead atoms. The summed E-state index contributed by atoms with van der Waals surface area (Å²) in [5.74, 6) is 0.130. The highest BCUT2D eigenvalue weighted by molar-refractivity contribution is 7.86. The van der Waals surface area contributed by atoms with Crippen LogP contribution in [0.5, 0.6) is 5.75 Å². The Morgan fingerprint density at radius 3 is 2.53 bits per heavy atom. The summed E-state index contributed by atoms with van der Waals surface area (Å²) in [5.41, 5.74) is 0.686. The van der Waals surface area contributed by atoms with Gasteiger partial charge in [-0.1, -0.05) is 18.2 Å². The van der Waals surface area contributed by atoms with Gasteiger partial charge in [-0.2, -0.15) is 8.42 Å². The van der Waals surface area contributed by atoms with Crippen LogP contribution < -0.4 is 4.74 Å². The highest BCUT2D eigenvalue weighted by Crippen LogP contribution is 2.24. The Bertz CT molecular complexity index is 474. The predicted octanol–water partition coefficient (Wildman–Crippen LogP) is 1.98. The van der Waals surface area contributed by atoms with Crippen LogP contribution in [0.1, 0.15) is 12.5 Å². The average Bonchev–Trinajstić information content (AvgIpc) is 2.17. The molecule has 0 saturated carbocycles. The molecule has 0 aliphatic heterocycles. The second-order valence-corrected chi connectivity index (χ2v) is 4.28. The number of allylic oxidation sites excluding steroid dienone is 1. The van der Waals surface area contributed by atoms with Gasteiger partial charge in [-0.25, -0.2) is 0 Å². The maximum absolute atomic E-state index is 11.0. The van der Waals surface area contributed by atoms with Crippen molar-refractivity contribution in [3.05, 3.63) is 29.8 Å². The van der Waals surface area contributed by atoms with Gasteiger partial charge in [0, 0.05) is 0 Å². The average molecular weight is 228 g/mol. The van der Waals surface area contributed by atoms with Crippen molar-refractivity contribution in [3.8, 4) is 5.75 Å². The Labute approximate surface area is 88.9 Å². The summed E-state index contributed by atoms with van der Waals surface area (Å²) in [6.07, 6.45) is 3.50. The summed E-state index contributed by atoms with van der Waals surface area (Å²) in [4.78, 5) is -0.222. The molecule has 1 aromatic rings. The summed E-state index contributed by atoms with van der Waals surface area (Å²) in [7, 11) is -2.90. The van der Waals surface area contributed by atoms with E-state index in [4.69, 9.17) is 9.29 Å². The summed E-state index contributed by atoms with van der Waals surface area (Å²) < 4.78 is 35.8. The fraction of sp³-hybridized carbons (Fsp3) is 0.200. The molecule has 0 unspecified atom stereocenters. The maximum Gasteiger partial charge on any atom is 0.298 e. The second kappa shape index (κ2) is 4.46. The van der Waals surface area contributed by atoms with Crippen LogP contribution >= 0.6 is 0 Å². The molecule has 0 heterocycles. The minimum atomic E-state index is -4.25. The summed E-state index contributed by atoms with van der Waals surface area (Å²) >= 11 is 0. The van der Waals surface area contributed by atoms with Gasteiger partial charge in [0.15, 0.2) is 0 Å². The molecule has 0 fully saturated rings. The monoisotopic (exact) mass is 228 g/mol. The first-order valence-electron chi connectivity index (χ1n) is 4.27. The van der Waals surface area contributed by atoms with E-state index < -0.39 is 10.1 Å². The molecule has 0 spiro atoms. The molecule has 4 nitrogen and oxygen atoms in total. The number of ether oxygens (including phenoxy) is 1. The van der Waals surface area contributed by atoms with Crippen molar-refractivity contribution in [3.63, 3.8) is 0 Å². The minimum Gasteiger partial charge on any atom is -0.495 e. The molecule has 1 N–H and O–H groups in total. The van der Waals surface area contributed by atoms with Crippen LogP contribution in [0.15, 0.2) is 29.2 Å². The van der Waals surface area contributed by atoms with E-state index in [-0.39, 0.29) is 10.6 Å². The summed E-state index contributed by atoms with van der Waals surface area (Å²) in [6, 6.07) is 4.56. The minimum absolute atomic E-state index is 0.130. The molecule has 5 heteroatoms. The van der Waals surface area contributed by atoms with Gasteiger partial charge in [0.05, 0.1) is 7.11 Å². The molecule has 0 aliphatic rings. The van der Waals surface area contributed by atoms with Crippen LogP contribution in [0.4, 0.5) is 0 Å². The van der Waals surface area contributed by atoms with Crippen molar-refractivity contribution in [2.24, 2.45) is 0 Å². The largest absolute Gasteiger partial charge is 0.495 e. The van der Waals surface area contributed by atoms with Gasteiger partial charge < -0.3 is 4.74 Å². The lowest BCUT2D eigenvalue weighted by Gasteiger charge is -2.06. The third-order valence-electron chi connectivity index (χ3n) is 1.82. The van der Waals surface area contributed by atoms with E-state index in [0.717, 1.165) is 0 Å². The highest BCUT2D eigenvalue weighted by atomic mass is 32.2. The molecule has 0 aromatic heterocycles. The van der Waals surface area contributed by atoms with E-state index in [1.165, 1.54) is 19.2 Å². The van der Waals surface area contributed by atoms with E-state index in [1.807, 2.05) is 6.92 Å². The second-order valence-electron chi connectivity index (χ2n) is 2.89. The van der Waals surface area contributed by atoms with E-state index >= 15 is 0 Å². The van der Waals surface area contributed by atoms with Gasteiger partial charge >= 0.3 is 0 Å². The van der Waals surface area contributed by atoms with Crippen molar-refractivity contribution in [1.82, 2.24) is 0 Å². The Morgan fingerprint density at radius 2 is 2.07 bits per heavy atom. The summed E-state index contributed by atoms with van der Waals surface area (Å²) in [6.45, 7) is 1.82. The van der Waals surface area contributed by atoms with Gasteiger partial charge in [0.25, 0.3) is 10.1 Å². The Kier molecular flexibility index (Phi) is 3.49. The fourth-order valence-electron chi connectivity index (χ4n) is 1.19. The van der Waals surface area contributed by atoms with Crippen LogP contribution in [0.25, 0.3) is 6.08 Å². The number of rotatable bonds is 3. The van der Waals surface area contributed by atoms with E-state index in [2.05, 4.69) is 0 Å². The number of methoxy groups -OCH3 is 1. The molecular formula is C10H12O4S. The number of hydrogen-bond donors (Lipinski definition) is 1. The van der Waals surface area contributed by atoms with Crippen molar-refractivity contribution >= 4 is 16.2 Å². The maximum atomic E-state index is 11.0. The SMILES string of the molecule is C/C=C/c1ccc(OC)c(S(=O)(=O)O)c1. The molecule has 0 aliphatic carbocycles. The van der Waals surface area contributed by atoms with Crippen molar-refractivity contribution in [2.75, 3.05) is 7.11 Å². The van der Waals surface area contributed by atoms with E-state index in [1.54, 1.807) is 18.2 Å².